The van der Waals surface area contributed by atoms with Crippen molar-refractivity contribution in [3.8, 4) is 5.75 Å². The number of nitrogens with zero attached hydrogens (tertiary/aromatic N) is 3. The Hall–Kier alpha value is -2.56. The molecule has 1 aromatic heterocycles. The summed E-state index contributed by atoms with van der Waals surface area (Å²) in [5.41, 5.74) is 2.30. The number of piperazine rings is 1. The van der Waals surface area contributed by atoms with Gasteiger partial charge in [-0.05, 0) is 30.2 Å². The maximum Gasteiger partial charge on any atom is 0.264 e. The Balaban J connectivity index is 1.38. The monoisotopic (exact) mass is 323 g/mol. The van der Waals surface area contributed by atoms with Crippen LogP contribution in [0.2, 0.25) is 0 Å². The zero-order valence-electron chi connectivity index (χ0n) is 13.8. The number of aryl methyl sites for hydroxylation is 1. The lowest BCUT2D eigenvalue weighted by Crippen LogP contribution is -2.52. The van der Waals surface area contributed by atoms with E-state index in [0.717, 1.165) is 30.2 Å². The topological polar surface area (TPSA) is 45.7 Å². The van der Waals surface area contributed by atoms with Gasteiger partial charge < -0.3 is 14.5 Å². The molecule has 24 heavy (non-hydrogen) atoms. The number of ether oxygens (including phenoxy) is 1. The minimum atomic E-state index is -0.370. The highest BCUT2D eigenvalue weighted by Gasteiger charge is 2.33. The van der Waals surface area contributed by atoms with Gasteiger partial charge in [0.1, 0.15) is 11.6 Å². The van der Waals surface area contributed by atoms with Crippen molar-refractivity contribution in [2.24, 2.45) is 0 Å². The van der Waals surface area contributed by atoms with Gasteiger partial charge >= 0.3 is 0 Å². The lowest BCUT2D eigenvalue weighted by Gasteiger charge is -2.36. The molecular formula is C19H21N3O2. The first-order valence-electron chi connectivity index (χ1n) is 8.42. The summed E-state index contributed by atoms with van der Waals surface area (Å²) in [4.78, 5) is 21.4. The molecule has 2 aromatic rings. The SMILES string of the molecule is Cc1cccnc1N1CCN(C(=O)C2Cc3ccccc3O2)CC1. The van der Waals surface area contributed by atoms with Crippen LogP contribution in [0.4, 0.5) is 5.82 Å². The lowest BCUT2D eigenvalue weighted by atomic mass is 10.1. The molecule has 0 N–H and O–H groups in total. The van der Waals surface area contributed by atoms with Gasteiger partial charge in [-0.25, -0.2) is 4.98 Å². The van der Waals surface area contributed by atoms with Crippen LogP contribution in [-0.2, 0) is 11.2 Å². The molecule has 0 bridgehead atoms. The smallest absolute Gasteiger partial charge is 0.264 e. The number of aromatic nitrogens is 1. The fourth-order valence-corrected chi connectivity index (χ4v) is 3.47. The Morgan fingerprint density at radius 2 is 1.92 bits per heavy atom. The van der Waals surface area contributed by atoms with Gasteiger partial charge in [0.2, 0.25) is 0 Å². The van der Waals surface area contributed by atoms with Crippen LogP contribution < -0.4 is 9.64 Å². The summed E-state index contributed by atoms with van der Waals surface area (Å²) in [7, 11) is 0. The standard InChI is InChI=1S/C19H21N3O2/c1-14-5-4-8-20-18(14)21-9-11-22(12-10-21)19(23)17-13-15-6-2-3-7-16(15)24-17/h2-8,17H,9-13H2,1H3. The Morgan fingerprint density at radius 3 is 2.67 bits per heavy atom. The Kier molecular flexibility index (Phi) is 3.84. The lowest BCUT2D eigenvalue weighted by molar-refractivity contribution is -0.138. The van der Waals surface area contributed by atoms with Crippen molar-refractivity contribution in [3.63, 3.8) is 0 Å². The van der Waals surface area contributed by atoms with E-state index in [1.54, 1.807) is 0 Å². The van der Waals surface area contributed by atoms with E-state index in [1.165, 1.54) is 5.56 Å². The van der Waals surface area contributed by atoms with E-state index in [0.29, 0.717) is 19.5 Å². The summed E-state index contributed by atoms with van der Waals surface area (Å²) >= 11 is 0. The van der Waals surface area contributed by atoms with Crippen molar-refractivity contribution in [3.05, 3.63) is 53.7 Å². The van der Waals surface area contributed by atoms with Crippen molar-refractivity contribution in [2.75, 3.05) is 31.1 Å². The summed E-state index contributed by atoms with van der Waals surface area (Å²) in [6.45, 7) is 5.12. The molecule has 124 valence electrons. The number of pyridine rings is 1. The average Bonchev–Trinajstić information content (AvgIpc) is 3.06. The third kappa shape index (κ3) is 2.70. The highest BCUT2D eigenvalue weighted by molar-refractivity contribution is 5.83. The molecule has 0 aliphatic carbocycles. The van der Waals surface area contributed by atoms with Crippen LogP contribution in [0.5, 0.6) is 5.75 Å². The van der Waals surface area contributed by atoms with E-state index in [2.05, 4.69) is 22.9 Å². The van der Waals surface area contributed by atoms with E-state index < -0.39 is 0 Å². The predicted molar refractivity (Wildman–Crippen MR) is 92.3 cm³/mol. The molecule has 1 aromatic carbocycles. The van der Waals surface area contributed by atoms with Gasteiger partial charge in [-0.3, -0.25) is 4.79 Å². The number of benzene rings is 1. The number of fused-ring (bicyclic) bond motifs is 1. The molecule has 5 heteroatoms. The summed E-state index contributed by atoms with van der Waals surface area (Å²) in [5.74, 6) is 1.97. The number of carbonyl (C=O) groups excluding carboxylic acids is 1. The van der Waals surface area contributed by atoms with E-state index in [9.17, 15) is 4.79 Å². The van der Waals surface area contributed by atoms with Crippen LogP contribution in [-0.4, -0.2) is 48.1 Å². The Bertz CT molecular complexity index is 729. The molecule has 1 unspecified atom stereocenters. The molecule has 3 heterocycles. The largest absolute Gasteiger partial charge is 0.480 e. The highest BCUT2D eigenvalue weighted by Crippen LogP contribution is 2.29. The van der Waals surface area contributed by atoms with E-state index >= 15 is 0 Å². The molecule has 1 fully saturated rings. The predicted octanol–water partition coefficient (Wildman–Crippen LogP) is 2.04. The normalized spacial score (nSPS) is 19.8. The van der Waals surface area contributed by atoms with Gasteiger partial charge in [0.15, 0.2) is 6.10 Å². The van der Waals surface area contributed by atoms with Gasteiger partial charge in [-0.1, -0.05) is 24.3 Å². The minimum absolute atomic E-state index is 0.101. The maximum absolute atomic E-state index is 12.7. The fraction of sp³-hybridized carbons (Fsp3) is 0.368. The van der Waals surface area contributed by atoms with Crippen molar-refractivity contribution in [2.45, 2.75) is 19.4 Å². The maximum atomic E-state index is 12.7. The number of para-hydroxylation sites is 1. The van der Waals surface area contributed by atoms with Crippen LogP contribution in [0.25, 0.3) is 0 Å². The van der Waals surface area contributed by atoms with E-state index in [4.69, 9.17) is 4.74 Å². The van der Waals surface area contributed by atoms with Crippen molar-refractivity contribution >= 4 is 11.7 Å². The molecule has 5 nitrogen and oxygen atoms in total. The first-order chi connectivity index (χ1) is 11.7. The first-order valence-corrected chi connectivity index (χ1v) is 8.42. The zero-order valence-corrected chi connectivity index (χ0v) is 13.8. The molecule has 1 amide bonds. The highest BCUT2D eigenvalue weighted by atomic mass is 16.5. The molecule has 1 saturated heterocycles. The van der Waals surface area contributed by atoms with Gasteiger partial charge in [0.05, 0.1) is 0 Å². The average molecular weight is 323 g/mol. The molecule has 0 radical (unpaired) electrons. The number of carbonyl (C=O) groups is 1. The first kappa shape index (κ1) is 15.0. The third-order valence-corrected chi connectivity index (χ3v) is 4.80. The second-order valence-electron chi connectivity index (χ2n) is 6.37. The van der Waals surface area contributed by atoms with E-state index in [1.807, 2.05) is 41.4 Å². The van der Waals surface area contributed by atoms with Crippen LogP contribution in [0.1, 0.15) is 11.1 Å². The quantitative estimate of drug-likeness (QED) is 0.848. The van der Waals surface area contributed by atoms with Crippen molar-refractivity contribution in [1.82, 2.24) is 9.88 Å². The van der Waals surface area contributed by atoms with Crippen molar-refractivity contribution < 1.29 is 9.53 Å². The van der Waals surface area contributed by atoms with Gasteiger partial charge in [0, 0.05) is 38.8 Å². The molecule has 4 rings (SSSR count). The molecular weight excluding hydrogens is 302 g/mol. The fourth-order valence-electron chi connectivity index (χ4n) is 3.47. The van der Waals surface area contributed by atoms with Crippen LogP contribution >= 0.6 is 0 Å². The second-order valence-corrected chi connectivity index (χ2v) is 6.37. The van der Waals surface area contributed by atoms with Crippen LogP contribution in [0, 0.1) is 6.92 Å². The zero-order chi connectivity index (χ0) is 16.5. The Morgan fingerprint density at radius 1 is 1.12 bits per heavy atom. The molecule has 0 spiro atoms. The van der Waals surface area contributed by atoms with Gasteiger partial charge in [0.25, 0.3) is 5.91 Å². The van der Waals surface area contributed by atoms with Crippen molar-refractivity contribution in [1.29, 1.82) is 0 Å². The van der Waals surface area contributed by atoms with Crippen LogP contribution in [0.3, 0.4) is 0 Å². The number of anilines is 1. The second kappa shape index (κ2) is 6.15. The summed E-state index contributed by atoms with van der Waals surface area (Å²) < 4.78 is 5.84. The van der Waals surface area contributed by atoms with Gasteiger partial charge in [-0.15, -0.1) is 0 Å². The summed E-state index contributed by atoms with van der Waals surface area (Å²) in [6.07, 6.45) is 2.13. The Labute approximate surface area is 141 Å². The summed E-state index contributed by atoms with van der Waals surface area (Å²) in [5, 5.41) is 0. The molecule has 1 atom stereocenters. The minimum Gasteiger partial charge on any atom is -0.480 e. The summed E-state index contributed by atoms with van der Waals surface area (Å²) in [6, 6.07) is 11.9. The number of rotatable bonds is 2. The number of hydrogen-bond donors (Lipinski definition) is 0. The number of hydrogen-bond acceptors (Lipinski definition) is 4. The molecule has 2 aliphatic rings. The van der Waals surface area contributed by atoms with Gasteiger partial charge in [-0.2, -0.15) is 0 Å². The van der Waals surface area contributed by atoms with Crippen LogP contribution in [0.15, 0.2) is 42.6 Å². The van der Waals surface area contributed by atoms with E-state index in [-0.39, 0.29) is 12.0 Å². The number of amides is 1. The third-order valence-electron chi connectivity index (χ3n) is 4.80. The molecule has 0 saturated carbocycles. The molecule has 2 aliphatic heterocycles.